The molecular formula is C20H26N2O6S. The van der Waals surface area contributed by atoms with Crippen molar-refractivity contribution in [1.82, 2.24) is 4.72 Å². The molecule has 0 aliphatic rings. The fourth-order valence-corrected chi connectivity index (χ4v) is 3.77. The van der Waals surface area contributed by atoms with Gasteiger partial charge in [-0.1, -0.05) is 6.07 Å². The molecule has 0 heterocycles. The summed E-state index contributed by atoms with van der Waals surface area (Å²) in [5.41, 5.74) is 0.227. The van der Waals surface area contributed by atoms with Crippen LogP contribution in [-0.4, -0.2) is 40.7 Å². The summed E-state index contributed by atoms with van der Waals surface area (Å²) in [5.74, 6) is 0.941. The zero-order valence-corrected chi connectivity index (χ0v) is 17.9. The van der Waals surface area contributed by atoms with Gasteiger partial charge in [-0.15, -0.1) is 0 Å². The molecule has 0 bridgehead atoms. The quantitative estimate of drug-likeness (QED) is 0.644. The van der Waals surface area contributed by atoms with E-state index in [-0.39, 0.29) is 16.6 Å². The molecular weight excluding hydrogens is 396 g/mol. The topological polar surface area (TPSA) is 103 Å². The SMILES string of the molecule is COc1cccc(O[C@H](C)C(=O)Nc2cc(S(=O)(=O)NC(C)C)ccc2OC)c1. The Morgan fingerprint density at radius 1 is 0.966 bits per heavy atom. The van der Waals surface area contributed by atoms with Crippen LogP contribution >= 0.6 is 0 Å². The van der Waals surface area contributed by atoms with Crippen molar-refractivity contribution in [2.45, 2.75) is 37.8 Å². The summed E-state index contributed by atoms with van der Waals surface area (Å²) in [4.78, 5) is 12.6. The number of anilines is 1. The molecule has 0 fully saturated rings. The van der Waals surface area contributed by atoms with Crippen LogP contribution in [0.15, 0.2) is 47.4 Å². The van der Waals surface area contributed by atoms with Gasteiger partial charge in [0.25, 0.3) is 5.91 Å². The molecule has 0 aromatic heterocycles. The molecule has 0 unspecified atom stereocenters. The number of hydrogen-bond acceptors (Lipinski definition) is 6. The second kappa shape index (κ2) is 9.62. The Bertz CT molecular complexity index is 959. The predicted molar refractivity (Wildman–Crippen MR) is 110 cm³/mol. The molecule has 158 valence electrons. The first kappa shape index (κ1) is 22.5. The van der Waals surface area contributed by atoms with E-state index in [4.69, 9.17) is 14.2 Å². The second-order valence-corrected chi connectivity index (χ2v) is 8.28. The number of methoxy groups -OCH3 is 2. The zero-order valence-electron chi connectivity index (χ0n) is 17.1. The molecule has 0 saturated heterocycles. The van der Waals surface area contributed by atoms with Crippen molar-refractivity contribution in [3.8, 4) is 17.2 Å². The summed E-state index contributed by atoms with van der Waals surface area (Å²) >= 11 is 0. The maximum absolute atomic E-state index is 12.6. The van der Waals surface area contributed by atoms with Crippen LogP contribution in [0.5, 0.6) is 17.2 Å². The third-order valence-electron chi connectivity index (χ3n) is 3.85. The summed E-state index contributed by atoms with van der Waals surface area (Å²) < 4.78 is 43.4. The van der Waals surface area contributed by atoms with Crippen molar-refractivity contribution >= 4 is 21.6 Å². The van der Waals surface area contributed by atoms with Gasteiger partial charge < -0.3 is 19.5 Å². The lowest BCUT2D eigenvalue weighted by Crippen LogP contribution is -2.31. The molecule has 0 radical (unpaired) electrons. The Hall–Kier alpha value is -2.78. The number of rotatable bonds is 9. The van der Waals surface area contributed by atoms with E-state index in [1.165, 1.54) is 32.4 Å². The van der Waals surface area contributed by atoms with E-state index in [2.05, 4.69) is 10.0 Å². The molecule has 0 saturated carbocycles. The van der Waals surface area contributed by atoms with Crippen LogP contribution in [0.1, 0.15) is 20.8 Å². The lowest BCUT2D eigenvalue weighted by atomic mass is 10.2. The van der Waals surface area contributed by atoms with Gasteiger partial charge in [0.1, 0.15) is 17.2 Å². The minimum atomic E-state index is -3.72. The summed E-state index contributed by atoms with van der Waals surface area (Å²) in [6.07, 6.45) is -0.846. The number of ether oxygens (including phenoxy) is 3. The third-order valence-corrected chi connectivity index (χ3v) is 5.51. The van der Waals surface area contributed by atoms with E-state index in [1.54, 1.807) is 45.0 Å². The average Bonchev–Trinajstić information content (AvgIpc) is 2.67. The number of carbonyl (C=O) groups excluding carboxylic acids is 1. The fraction of sp³-hybridized carbons (Fsp3) is 0.350. The summed E-state index contributed by atoms with van der Waals surface area (Å²) in [6.45, 7) is 5.03. The Balaban J connectivity index is 2.20. The minimum absolute atomic E-state index is 0.0173. The largest absolute Gasteiger partial charge is 0.497 e. The minimum Gasteiger partial charge on any atom is -0.497 e. The van der Waals surface area contributed by atoms with Gasteiger partial charge in [-0.2, -0.15) is 0 Å². The van der Waals surface area contributed by atoms with Gasteiger partial charge in [0.05, 0.1) is 24.8 Å². The molecule has 2 N–H and O–H groups in total. The maximum Gasteiger partial charge on any atom is 0.265 e. The Kier molecular flexibility index (Phi) is 7.46. The Morgan fingerprint density at radius 2 is 1.66 bits per heavy atom. The van der Waals surface area contributed by atoms with E-state index in [0.717, 1.165) is 0 Å². The molecule has 8 nitrogen and oxygen atoms in total. The maximum atomic E-state index is 12.6. The number of amides is 1. The smallest absolute Gasteiger partial charge is 0.265 e. The first-order valence-corrected chi connectivity index (χ1v) is 10.5. The van der Waals surface area contributed by atoms with Crippen LogP contribution in [0.2, 0.25) is 0 Å². The van der Waals surface area contributed by atoms with Crippen molar-refractivity contribution in [2.75, 3.05) is 19.5 Å². The van der Waals surface area contributed by atoms with Crippen LogP contribution in [0.25, 0.3) is 0 Å². The summed E-state index contributed by atoms with van der Waals surface area (Å²) in [7, 11) is -0.751. The molecule has 29 heavy (non-hydrogen) atoms. The van der Waals surface area contributed by atoms with Crippen LogP contribution in [0.4, 0.5) is 5.69 Å². The Labute approximate surface area is 171 Å². The van der Waals surface area contributed by atoms with E-state index in [1.807, 2.05) is 0 Å². The van der Waals surface area contributed by atoms with Gasteiger partial charge in [0.2, 0.25) is 10.0 Å². The third kappa shape index (κ3) is 6.10. The van der Waals surface area contributed by atoms with E-state index >= 15 is 0 Å². The number of sulfonamides is 1. The van der Waals surface area contributed by atoms with Gasteiger partial charge in [-0.25, -0.2) is 13.1 Å². The molecule has 0 spiro atoms. The van der Waals surface area contributed by atoms with E-state index in [9.17, 15) is 13.2 Å². The molecule has 2 aromatic rings. The first-order valence-electron chi connectivity index (χ1n) is 8.98. The first-order chi connectivity index (χ1) is 13.7. The van der Waals surface area contributed by atoms with Crippen molar-refractivity contribution < 1.29 is 27.4 Å². The molecule has 0 aliphatic carbocycles. The number of hydrogen-bond donors (Lipinski definition) is 2. The van der Waals surface area contributed by atoms with E-state index in [0.29, 0.717) is 17.2 Å². The summed E-state index contributed by atoms with van der Waals surface area (Å²) in [5, 5.41) is 2.66. The van der Waals surface area contributed by atoms with Crippen molar-refractivity contribution in [2.24, 2.45) is 0 Å². The number of benzene rings is 2. The average molecular weight is 423 g/mol. The fourth-order valence-electron chi connectivity index (χ4n) is 2.50. The number of carbonyl (C=O) groups is 1. The van der Waals surface area contributed by atoms with Crippen molar-refractivity contribution in [1.29, 1.82) is 0 Å². The molecule has 9 heteroatoms. The highest BCUT2D eigenvalue weighted by Gasteiger charge is 2.21. The van der Waals surface area contributed by atoms with Crippen LogP contribution in [-0.2, 0) is 14.8 Å². The highest BCUT2D eigenvalue weighted by molar-refractivity contribution is 7.89. The number of nitrogens with one attached hydrogen (secondary N) is 2. The van der Waals surface area contributed by atoms with Crippen molar-refractivity contribution in [3.05, 3.63) is 42.5 Å². The molecule has 1 atom stereocenters. The zero-order chi connectivity index (χ0) is 21.6. The van der Waals surface area contributed by atoms with Crippen LogP contribution in [0.3, 0.4) is 0 Å². The summed E-state index contributed by atoms with van der Waals surface area (Å²) in [6, 6.07) is 10.9. The van der Waals surface area contributed by atoms with Crippen molar-refractivity contribution in [3.63, 3.8) is 0 Å². The van der Waals surface area contributed by atoms with Gasteiger partial charge in [-0.05, 0) is 51.1 Å². The van der Waals surface area contributed by atoms with Crippen LogP contribution in [0, 0.1) is 0 Å². The Morgan fingerprint density at radius 3 is 2.28 bits per heavy atom. The lowest BCUT2D eigenvalue weighted by Gasteiger charge is -2.17. The molecule has 2 aromatic carbocycles. The van der Waals surface area contributed by atoms with Gasteiger partial charge in [-0.3, -0.25) is 4.79 Å². The second-order valence-electron chi connectivity index (χ2n) is 6.57. The normalized spacial score (nSPS) is 12.3. The highest BCUT2D eigenvalue weighted by atomic mass is 32.2. The van der Waals surface area contributed by atoms with Gasteiger partial charge in [0.15, 0.2) is 6.10 Å². The standard InChI is InChI=1S/C20H26N2O6S/c1-13(2)22-29(24,25)17-9-10-19(27-5)18(12-17)21-20(23)14(3)28-16-8-6-7-15(11-16)26-4/h6-14,22H,1-5H3,(H,21,23)/t14-/m1/s1. The lowest BCUT2D eigenvalue weighted by molar-refractivity contribution is -0.122. The van der Waals surface area contributed by atoms with Gasteiger partial charge >= 0.3 is 0 Å². The van der Waals surface area contributed by atoms with Crippen LogP contribution < -0.4 is 24.2 Å². The highest BCUT2D eigenvalue weighted by Crippen LogP contribution is 2.28. The monoisotopic (exact) mass is 422 g/mol. The van der Waals surface area contributed by atoms with E-state index < -0.39 is 22.0 Å². The molecule has 0 aliphatic heterocycles. The predicted octanol–water partition coefficient (Wildman–Crippen LogP) is 2.80. The molecule has 1 amide bonds. The van der Waals surface area contributed by atoms with Gasteiger partial charge in [0, 0.05) is 12.1 Å². The molecule has 2 rings (SSSR count).